The second-order valence-corrected chi connectivity index (χ2v) is 5.48. The summed E-state index contributed by atoms with van der Waals surface area (Å²) in [6.45, 7) is 5.12. The first-order valence-electron chi connectivity index (χ1n) is 6.00. The second kappa shape index (κ2) is 5.79. The minimum atomic E-state index is -0.395. The van der Waals surface area contributed by atoms with E-state index in [9.17, 15) is 10.1 Å². The maximum atomic E-state index is 10.7. The summed E-state index contributed by atoms with van der Waals surface area (Å²) in [6, 6.07) is 6.53. The molecule has 5 nitrogen and oxygen atoms in total. The molecule has 6 heteroatoms. The number of nitrogens with zero attached hydrogens (tertiary/aromatic N) is 2. The molecule has 0 fully saturated rings. The number of thiazole rings is 1. The Balaban J connectivity index is 2.18. The molecule has 2 rings (SSSR count). The fourth-order valence-corrected chi connectivity index (χ4v) is 2.29. The summed E-state index contributed by atoms with van der Waals surface area (Å²) < 4.78 is 0. The average molecular weight is 277 g/mol. The van der Waals surface area contributed by atoms with Crippen molar-refractivity contribution in [1.29, 1.82) is 0 Å². The summed E-state index contributed by atoms with van der Waals surface area (Å²) in [6.07, 6.45) is 0. The van der Waals surface area contributed by atoms with E-state index in [1.165, 1.54) is 17.4 Å². The van der Waals surface area contributed by atoms with Crippen LogP contribution in [0, 0.1) is 16.0 Å². The van der Waals surface area contributed by atoms with Gasteiger partial charge in [0.05, 0.1) is 10.6 Å². The lowest BCUT2D eigenvalue weighted by atomic mass is 10.1. The molecule has 0 aliphatic rings. The van der Waals surface area contributed by atoms with Gasteiger partial charge in [-0.2, -0.15) is 0 Å². The fraction of sp³-hybridized carbons (Fsp3) is 0.308. The third-order valence-corrected chi connectivity index (χ3v) is 3.32. The molecule has 0 saturated heterocycles. The van der Waals surface area contributed by atoms with E-state index in [2.05, 4.69) is 24.1 Å². The molecular weight excluding hydrogens is 262 g/mol. The zero-order valence-corrected chi connectivity index (χ0v) is 11.6. The van der Waals surface area contributed by atoms with Gasteiger partial charge in [0.2, 0.25) is 0 Å². The molecule has 2 aromatic rings. The first-order chi connectivity index (χ1) is 9.06. The molecule has 1 N–H and O–H groups in total. The van der Waals surface area contributed by atoms with Gasteiger partial charge in [0.1, 0.15) is 0 Å². The Morgan fingerprint density at radius 2 is 2.26 bits per heavy atom. The summed E-state index contributed by atoms with van der Waals surface area (Å²) in [5.41, 5.74) is 1.62. The summed E-state index contributed by atoms with van der Waals surface area (Å²) in [5, 5.41) is 16.7. The first kappa shape index (κ1) is 13.5. The molecule has 0 atom stereocenters. The van der Waals surface area contributed by atoms with Crippen molar-refractivity contribution < 1.29 is 4.92 Å². The van der Waals surface area contributed by atoms with Crippen molar-refractivity contribution in [2.75, 3.05) is 11.9 Å². The number of nitrogens with one attached hydrogen (secondary N) is 1. The van der Waals surface area contributed by atoms with Gasteiger partial charge in [0.15, 0.2) is 5.13 Å². The third kappa shape index (κ3) is 3.51. The highest BCUT2D eigenvalue weighted by molar-refractivity contribution is 7.14. The Kier molecular flexibility index (Phi) is 4.11. The van der Waals surface area contributed by atoms with Crippen LogP contribution in [0.2, 0.25) is 0 Å². The molecule has 0 unspecified atom stereocenters. The van der Waals surface area contributed by atoms with Crippen LogP contribution in [-0.2, 0) is 0 Å². The lowest BCUT2D eigenvalue weighted by Gasteiger charge is -2.04. The molecule has 0 aliphatic carbocycles. The van der Waals surface area contributed by atoms with Gasteiger partial charge < -0.3 is 5.32 Å². The molecule has 1 heterocycles. The lowest BCUT2D eigenvalue weighted by Crippen LogP contribution is -2.07. The van der Waals surface area contributed by atoms with Crippen LogP contribution >= 0.6 is 11.3 Å². The monoisotopic (exact) mass is 277 g/mol. The van der Waals surface area contributed by atoms with E-state index < -0.39 is 4.92 Å². The number of nitro groups is 1. The van der Waals surface area contributed by atoms with Crippen molar-refractivity contribution in [2.45, 2.75) is 13.8 Å². The number of nitro benzene ring substituents is 1. The molecule has 0 spiro atoms. The van der Waals surface area contributed by atoms with Crippen LogP contribution in [0.3, 0.4) is 0 Å². The van der Waals surface area contributed by atoms with Gasteiger partial charge in [-0.05, 0) is 5.92 Å². The molecule has 1 aromatic carbocycles. The molecular formula is C13H15N3O2S. The molecule has 1 aromatic heterocycles. The number of non-ortho nitro benzene ring substituents is 1. The molecule has 0 aliphatic heterocycles. The number of anilines is 1. The Morgan fingerprint density at radius 3 is 2.95 bits per heavy atom. The van der Waals surface area contributed by atoms with E-state index in [1.54, 1.807) is 12.1 Å². The van der Waals surface area contributed by atoms with Crippen molar-refractivity contribution in [2.24, 2.45) is 5.92 Å². The maximum absolute atomic E-state index is 10.7. The summed E-state index contributed by atoms with van der Waals surface area (Å²) in [5.74, 6) is 0.546. The summed E-state index contributed by atoms with van der Waals surface area (Å²) in [7, 11) is 0. The highest BCUT2D eigenvalue weighted by atomic mass is 32.1. The highest BCUT2D eigenvalue weighted by Gasteiger charge is 2.09. The van der Waals surface area contributed by atoms with Crippen molar-refractivity contribution in [3.8, 4) is 11.3 Å². The van der Waals surface area contributed by atoms with E-state index in [-0.39, 0.29) is 5.69 Å². The van der Waals surface area contributed by atoms with Crippen molar-refractivity contribution >= 4 is 22.2 Å². The molecule has 0 saturated carbocycles. The number of hydrogen-bond acceptors (Lipinski definition) is 5. The van der Waals surface area contributed by atoms with Gasteiger partial charge in [-0.15, -0.1) is 11.3 Å². The summed E-state index contributed by atoms with van der Waals surface area (Å²) in [4.78, 5) is 14.8. The smallest absolute Gasteiger partial charge is 0.270 e. The molecule has 19 heavy (non-hydrogen) atoms. The zero-order chi connectivity index (χ0) is 13.8. The van der Waals surface area contributed by atoms with Crippen LogP contribution in [0.4, 0.5) is 10.8 Å². The van der Waals surface area contributed by atoms with E-state index in [0.717, 1.165) is 22.9 Å². The van der Waals surface area contributed by atoms with E-state index >= 15 is 0 Å². The van der Waals surface area contributed by atoms with Crippen molar-refractivity contribution in [3.63, 3.8) is 0 Å². The minimum Gasteiger partial charge on any atom is -0.361 e. The average Bonchev–Trinajstić information content (AvgIpc) is 2.85. The zero-order valence-electron chi connectivity index (χ0n) is 10.8. The van der Waals surface area contributed by atoms with Crippen LogP contribution < -0.4 is 5.32 Å². The number of hydrogen-bond donors (Lipinski definition) is 1. The second-order valence-electron chi connectivity index (χ2n) is 4.62. The highest BCUT2D eigenvalue weighted by Crippen LogP contribution is 2.27. The van der Waals surface area contributed by atoms with Gasteiger partial charge in [0, 0.05) is 29.6 Å². The van der Waals surface area contributed by atoms with Gasteiger partial charge >= 0.3 is 0 Å². The quantitative estimate of drug-likeness (QED) is 0.667. The SMILES string of the molecule is CC(C)CNc1nc(-c2cccc([N+](=O)[O-])c2)cs1. The molecule has 0 amide bonds. The fourth-order valence-electron chi connectivity index (χ4n) is 1.56. The molecule has 0 bridgehead atoms. The number of aromatic nitrogens is 1. The molecule has 100 valence electrons. The van der Waals surface area contributed by atoms with E-state index in [4.69, 9.17) is 0 Å². The minimum absolute atomic E-state index is 0.0854. The van der Waals surface area contributed by atoms with Gasteiger partial charge in [0.25, 0.3) is 5.69 Å². The predicted octanol–water partition coefficient (Wildman–Crippen LogP) is 3.79. The number of benzene rings is 1. The standard InChI is InChI=1S/C13H15N3O2S/c1-9(2)7-14-13-15-12(8-19-13)10-4-3-5-11(6-10)16(17)18/h3-6,8-9H,7H2,1-2H3,(H,14,15). The van der Waals surface area contributed by atoms with Gasteiger partial charge in [-0.25, -0.2) is 4.98 Å². The lowest BCUT2D eigenvalue weighted by molar-refractivity contribution is -0.384. The Bertz CT molecular complexity index is 581. The van der Waals surface area contributed by atoms with Crippen LogP contribution in [0.5, 0.6) is 0 Å². The van der Waals surface area contributed by atoms with E-state index in [0.29, 0.717) is 5.92 Å². The largest absolute Gasteiger partial charge is 0.361 e. The number of rotatable bonds is 5. The summed E-state index contributed by atoms with van der Waals surface area (Å²) >= 11 is 1.51. The van der Waals surface area contributed by atoms with Crippen molar-refractivity contribution in [1.82, 2.24) is 4.98 Å². The Morgan fingerprint density at radius 1 is 1.47 bits per heavy atom. The Labute approximate surface area is 115 Å². The van der Waals surface area contributed by atoms with Gasteiger partial charge in [-0.1, -0.05) is 26.0 Å². The first-order valence-corrected chi connectivity index (χ1v) is 6.88. The molecule has 0 radical (unpaired) electrons. The normalized spacial score (nSPS) is 10.7. The maximum Gasteiger partial charge on any atom is 0.270 e. The van der Waals surface area contributed by atoms with Gasteiger partial charge in [-0.3, -0.25) is 10.1 Å². The Hall–Kier alpha value is -1.95. The predicted molar refractivity (Wildman–Crippen MR) is 77.5 cm³/mol. The van der Waals surface area contributed by atoms with Crippen LogP contribution in [0.25, 0.3) is 11.3 Å². The topological polar surface area (TPSA) is 68.1 Å². The third-order valence-electron chi connectivity index (χ3n) is 2.52. The van der Waals surface area contributed by atoms with Crippen LogP contribution in [0.1, 0.15) is 13.8 Å². The van der Waals surface area contributed by atoms with E-state index in [1.807, 2.05) is 11.4 Å². The van der Waals surface area contributed by atoms with Crippen LogP contribution in [-0.4, -0.2) is 16.5 Å². The van der Waals surface area contributed by atoms with Crippen molar-refractivity contribution in [3.05, 3.63) is 39.8 Å². The van der Waals surface area contributed by atoms with Crippen LogP contribution in [0.15, 0.2) is 29.6 Å².